The second-order valence-corrected chi connectivity index (χ2v) is 6.67. The van der Waals surface area contributed by atoms with Gasteiger partial charge in [-0.1, -0.05) is 43.3 Å². The Morgan fingerprint density at radius 1 is 1.19 bits per heavy atom. The Bertz CT molecular complexity index is 587. The summed E-state index contributed by atoms with van der Waals surface area (Å²) in [5.74, 6) is 0.809. The molecule has 2 aromatic carbocycles. The molecule has 2 atom stereocenters. The molecule has 1 aliphatic rings. The molecule has 0 saturated heterocycles. The maximum Gasteiger partial charge on any atom is 0.125 e. The standard InChI is InChI=1S/C18H20O2S/c1-2-16(19)15-8-4-5-9-17(15)20-12-14-11-13-7-3-6-10-18(13)21-14/h3-10,14,16,19H,2,11-12H2,1H3. The number of para-hydroxylation sites is 1. The topological polar surface area (TPSA) is 29.5 Å². The van der Waals surface area contributed by atoms with Gasteiger partial charge < -0.3 is 9.84 Å². The predicted octanol–water partition coefficient (Wildman–Crippen LogP) is 4.23. The third kappa shape index (κ3) is 3.25. The van der Waals surface area contributed by atoms with Crippen LogP contribution in [-0.4, -0.2) is 17.0 Å². The first-order valence-electron chi connectivity index (χ1n) is 7.42. The molecule has 21 heavy (non-hydrogen) atoms. The molecule has 0 amide bonds. The molecule has 110 valence electrons. The van der Waals surface area contributed by atoms with Gasteiger partial charge in [-0.2, -0.15) is 0 Å². The van der Waals surface area contributed by atoms with Crippen LogP contribution in [0.5, 0.6) is 5.75 Å². The van der Waals surface area contributed by atoms with Crippen LogP contribution >= 0.6 is 11.8 Å². The van der Waals surface area contributed by atoms with Crippen LogP contribution in [0.1, 0.15) is 30.6 Å². The van der Waals surface area contributed by atoms with Crippen molar-refractivity contribution in [3.8, 4) is 5.75 Å². The van der Waals surface area contributed by atoms with E-state index in [9.17, 15) is 5.11 Å². The summed E-state index contributed by atoms with van der Waals surface area (Å²) in [6.45, 7) is 2.65. The Hall–Kier alpha value is -1.45. The third-order valence-corrected chi connectivity index (χ3v) is 5.09. The number of benzene rings is 2. The lowest BCUT2D eigenvalue weighted by Crippen LogP contribution is -2.14. The number of aliphatic hydroxyl groups is 1. The van der Waals surface area contributed by atoms with E-state index in [0.29, 0.717) is 18.3 Å². The average molecular weight is 300 g/mol. The molecule has 3 rings (SSSR count). The molecule has 0 bridgehead atoms. The fraction of sp³-hybridized carbons (Fsp3) is 0.333. The summed E-state index contributed by atoms with van der Waals surface area (Å²) in [6, 6.07) is 16.3. The molecule has 0 saturated carbocycles. The average Bonchev–Trinajstić information content (AvgIpc) is 2.95. The summed E-state index contributed by atoms with van der Waals surface area (Å²) in [5, 5.41) is 10.5. The van der Waals surface area contributed by atoms with E-state index in [1.807, 2.05) is 43.0 Å². The maximum atomic E-state index is 10.1. The molecular formula is C18H20O2S. The number of rotatable bonds is 5. The van der Waals surface area contributed by atoms with Crippen molar-refractivity contribution in [3.63, 3.8) is 0 Å². The van der Waals surface area contributed by atoms with E-state index in [-0.39, 0.29) is 0 Å². The third-order valence-electron chi connectivity index (χ3n) is 3.80. The van der Waals surface area contributed by atoms with Crippen molar-refractivity contribution in [2.45, 2.75) is 36.0 Å². The number of fused-ring (bicyclic) bond motifs is 1. The van der Waals surface area contributed by atoms with Gasteiger partial charge in [-0.05, 0) is 30.5 Å². The summed E-state index contributed by atoms with van der Waals surface area (Å²) >= 11 is 1.89. The van der Waals surface area contributed by atoms with Crippen LogP contribution in [0.25, 0.3) is 0 Å². The lowest BCUT2D eigenvalue weighted by Gasteiger charge is -2.16. The summed E-state index contributed by atoms with van der Waals surface area (Å²) in [7, 11) is 0. The van der Waals surface area contributed by atoms with Crippen molar-refractivity contribution in [1.29, 1.82) is 0 Å². The van der Waals surface area contributed by atoms with Crippen molar-refractivity contribution in [2.75, 3.05) is 6.61 Å². The molecule has 3 heteroatoms. The van der Waals surface area contributed by atoms with Gasteiger partial charge in [0, 0.05) is 15.7 Å². The summed E-state index contributed by atoms with van der Waals surface area (Å²) < 4.78 is 5.99. The van der Waals surface area contributed by atoms with E-state index in [2.05, 4.69) is 24.3 Å². The lowest BCUT2D eigenvalue weighted by molar-refractivity contribution is 0.167. The van der Waals surface area contributed by atoms with Crippen LogP contribution in [0, 0.1) is 0 Å². The number of hydrogen-bond acceptors (Lipinski definition) is 3. The molecule has 0 aromatic heterocycles. The van der Waals surface area contributed by atoms with E-state index in [4.69, 9.17) is 4.74 Å². The van der Waals surface area contributed by atoms with E-state index < -0.39 is 6.10 Å². The van der Waals surface area contributed by atoms with Crippen LogP contribution in [0.4, 0.5) is 0 Å². The van der Waals surface area contributed by atoms with Crippen LogP contribution < -0.4 is 4.74 Å². The van der Waals surface area contributed by atoms with E-state index in [0.717, 1.165) is 17.7 Å². The number of thioether (sulfide) groups is 1. The van der Waals surface area contributed by atoms with Gasteiger partial charge in [0.25, 0.3) is 0 Å². The van der Waals surface area contributed by atoms with Crippen molar-refractivity contribution in [1.82, 2.24) is 0 Å². The fourth-order valence-electron chi connectivity index (χ4n) is 2.64. The molecular weight excluding hydrogens is 280 g/mol. The minimum atomic E-state index is -0.449. The normalized spacial score (nSPS) is 18.3. The molecule has 0 radical (unpaired) electrons. The van der Waals surface area contributed by atoms with E-state index >= 15 is 0 Å². The van der Waals surface area contributed by atoms with E-state index in [1.165, 1.54) is 10.5 Å². The smallest absolute Gasteiger partial charge is 0.125 e. The highest BCUT2D eigenvalue weighted by Crippen LogP contribution is 2.37. The van der Waals surface area contributed by atoms with Crippen LogP contribution in [0.3, 0.4) is 0 Å². The second-order valence-electron chi connectivity index (χ2n) is 5.32. The molecule has 0 spiro atoms. The van der Waals surface area contributed by atoms with Gasteiger partial charge in [0.2, 0.25) is 0 Å². The molecule has 1 heterocycles. The first kappa shape index (κ1) is 14.5. The Labute approximate surface area is 130 Å². The summed E-state index contributed by atoms with van der Waals surface area (Å²) in [5.41, 5.74) is 2.30. The molecule has 0 fully saturated rings. The van der Waals surface area contributed by atoms with Gasteiger partial charge in [0.05, 0.1) is 6.10 Å². The van der Waals surface area contributed by atoms with E-state index in [1.54, 1.807) is 0 Å². The highest BCUT2D eigenvalue weighted by molar-refractivity contribution is 8.00. The zero-order valence-electron chi connectivity index (χ0n) is 12.2. The zero-order valence-corrected chi connectivity index (χ0v) is 13.0. The molecule has 1 aliphatic heterocycles. The number of ether oxygens (including phenoxy) is 1. The summed E-state index contributed by atoms with van der Waals surface area (Å²) in [4.78, 5) is 1.37. The molecule has 2 nitrogen and oxygen atoms in total. The van der Waals surface area contributed by atoms with Gasteiger partial charge in [-0.25, -0.2) is 0 Å². The minimum absolute atomic E-state index is 0.449. The molecule has 1 N–H and O–H groups in total. The lowest BCUT2D eigenvalue weighted by atomic mass is 10.1. The Kier molecular flexibility index (Phi) is 4.51. The van der Waals surface area contributed by atoms with Crippen LogP contribution in [0.15, 0.2) is 53.4 Å². The Balaban J connectivity index is 1.65. The fourth-order valence-corrected chi connectivity index (χ4v) is 3.85. The second kappa shape index (κ2) is 6.54. The SMILES string of the molecule is CCC(O)c1ccccc1OCC1Cc2ccccc2S1. The van der Waals surface area contributed by atoms with Gasteiger partial charge in [0.1, 0.15) is 12.4 Å². The highest BCUT2D eigenvalue weighted by Gasteiger charge is 2.22. The predicted molar refractivity (Wildman–Crippen MR) is 87.0 cm³/mol. The van der Waals surface area contributed by atoms with Gasteiger partial charge in [0.15, 0.2) is 0 Å². The van der Waals surface area contributed by atoms with Crippen molar-refractivity contribution >= 4 is 11.8 Å². The molecule has 0 aliphatic carbocycles. The minimum Gasteiger partial charge on any atom is -0.492 e. The monoisotopic (exact) mass is 300 g/mol. The van der Waals surface area contributed by atoms with Gasteiger partial charge in [-0.15, -0.1) is 11.8 Å². The highest BCUT2D eigenvalue weighted by atomic mass is 32.2. The van der Waals surface area contributed by atoms with Gasteiger partial charge >= 0.3 is 0 Å². The Morgan fingerprint density at radius 3 is 2.76 bits per heavy atom. The first-order chi connectivity index (χ1) is 10.3. The van der Waals surface area contributed by atoms with Crippen molar-refractivity contribution < 1.29 is 9.84 Å². The maximum absolute atomic E-state index is 10.1. The molecule has 2 unspecified atom stereocenters. The Morgan fingerprint density at radius 2 is 1.95 bits per heavy atom. The number of hydrogen-bond donors (Lipinski definition) is 1. The first-order valence-corrected chi connectivity index (χ1v) is 8.30. The summed E-state index contributed by atoms with van der Waals surface area (Å²) in [6.07, 6.45) is 1.30. The number of aliphatic hydroxyl groups excluding tert-OH is 1. The van der Waals surface area contributed by atoms with Crippen LogP contribution in [-0.2, 0) is 6.42 Å². The quantitative estimate of drug-likeness (QED) is 0.896. The van der Waals surface area contributed by atoms with Crippen LogP contribution in [0.2, 0.25) is 0 Å². The molecule has 2 aromatic rings. The van der Waals surface area contributed by atoms with Gasteiger partial charge in [-0.3, -0.25) is 0 Å². The zero-order chi connectivity index (χ0) is 14.7. The van der Waals surface area contributed by atoms with Crippen molar-refractivity contribution in [2.24, 2.45) is 0 Å². The van der Waals surface area contributed by atoms with Crippen molar-refractivity contribution in [3.05, 3.63) is 59.7 Å². The largest absolute Gasteiger partial charge is 0.492 e.